The number of fused-ring (bicyclic) bond motifs is 1. The minimum atomic E-state index is -0.0406. The van der Waals surface area contributed by atoms with Gasteiger partial charge >= 0.3 is 6.01 Å². The molecule has 1 fully saturated rings. The average molecular weight is 468 g/mol. The van der Waals surface area contributed by atoms with Crippen molar-refractivity contribution in [2.24, 2.45) is 5.92 Å². The highest BCUT2D eigenvalue weighted by atomic mass is 16.5. The van der Waals surface area contributed by atoms with Crippen LogP contribution in [0.1, 0.15) is 29.5 Å². The third-order valence-electron chi connectivity index (χ3n) is 6.78. The van der Waals surface area contributed by atoms with E-state index in [1.165, 1.54) is 6.42 Å². The van der Waals surface area contributed by atoms with E-state index in [9.17, 15) is 10.4 Å². The molecule has 5 rings (SSSR count). The quantitative estimate of drug-likeness (QED) is 0.451. The van der Waals surface area contributed by atoms with E-state index in [-0.39, 0.29) is 6.61 Å². The Hall–Kier alpha value is -3.73. The molecule has 4 aromatic rings. The zero-order valence-electron chi connectivity index (χ0n) is 20.1. The Labute approximate surface area is 205 Å². The zero-order valence-corrected chi connectivity index (χ0v) is 20.1. The van der Waals surface area contributed by atoms with Gasteiger partial charge in [0.05, 0.1) is 36.1 Å². The molecule has 0 amide bonds. The van der Waals surface area contributed by atoms with Crippen LogP contribution < -0.4 is 4.74 Å². The molecule has 0 radical (unpaired) electrons. The van der Waals surface area contributed by atoms with Crippen LogP contribution in [0.25, 0.3) is 28.0 Å². The first kappa shape index (κ1) is 23.0. The predicted octanol–water partition coefficient (Wildman–Crippen LogP) is 4.46. The number of rotatable bonds is 6. The van der Waals surface area contributed by atoms with Crippen molar-refractivity contribution < 1.29 is 9.84 Å². The van der Waals surface area contributed by atoms with Crippen LogP contribution in [0.3, 0.4) is 0 Å². The molecule has 0 spiro atoms. The predicted molar refractivity (Wildman–Crippen MR) is 135 cm³/mol. The number of aryl methyl sites for hydroxylation is 1. The number of hydrogen-bond donors (Lipinski definition) is 1. The fourth-order valence-corrected chi connectivity index (χ4v) is 4.83. The van der Waals surface area contributed by atoms with Crippen LogP contribution in [0.4, 0.5) is 0 Å². The summed E-state index contributed by atoms with van der Waals surface area (Å²) in [5.74, 6) is 0.455. The lowest BCUT2D eigenvalue weighted by Gasteiger charge is -2.29. The number of aliphatic hydroxyl groups excluding tert-OH is 1. The highest BCUT2D eigenvalue weighted by molar-refractivity contribution is 5.90. The molecule has 3 heterocycles. The summed E-state index contributed by atoms with van der Waals surface area (Å²) in [5.41, 5.74) is 6.60. The maximum absolute atomic E-state index is 9.87. The van der Waals surface area contributed by atoms with E-state index in [2.05, 4.69) is 23.0 Å². The molecule has 0 unspecified atom stereocenters. The molecule has 0 aliphatic carbocycles. The van der Waals surface area contributed by atoms with E-state index in [1.54, 1.807) is 18.3 Å². The van der Waals surface area contributed by atoms with Gasteiger partial charge < -0.3 is 14.7 Å². The number of nitrogens with zero attached hydrogens (tertiary/aromatic N) is 5. The smallest absolute Gasteiger partial charge is 0.302 e. The molecule has 1 atom stereocenters. The summed E-state index contributed by atoms with van der Waals surface area (Å²) < 4.78 is 8.22. The molecule has 1 aliphatic heterocycles. The van der Waals surface area contributed by atoms with Gasteiger partial charge in [0.15, 0.2) is 5.65 Å². The number of aliphatic hydroxyl groups is 1. The summed E-state index contributed by atoms with van der Waals surface area (Å²) >= 11 is 0. The molecule has 2 aromatic carbocycles. The van der Waals surface area contributed by atoms with Crippen LogP contribution in [0, 0.1) is 24.2 Å². The van der Waals surface area contributed by atoms with Gasteiger partial charge in [-0.05, 0) is 68.2 Å². The van der Waals surface area contributed by atoms with E-state index in [0.717, 1.165) is 58.7 Å². The number of likely N-dealkylation sites (tertiary alicyclic amines) is 1. The Morgan fingerprint density at radius 1 is 1.17 bits per heavy atom. The number of aromatic nitrogens is 3. The van der Waals surface area contributed by atoms with E-state index in [1.807, 2.05) is 47.9 Å². The molecule has 2 aromatic heterocycles. The Bertz CT molecular complexity index is 1390. The molecule has 178 valence electrons. The van der Waals surface area contributed by atoms with Gasteiger partial charge in [0.1, 0.15) is 0 Å². The summed E-state index contributed by atoms with van der Waals surface area (Å²) in [6.07, 6.45) is 5.95. The molecule has 7 heteroatoms. The van der Waals surface area contributed by atoms with Crippen LogP contribution in [-0.4, -0.2) is 51.1 Å². The second-order valence-electron chi connectivity index (χ2n) is 9.31. The number of hydrogen-bond acceptors (Lipinski definition) is 6. The fraction of sp³-hybridized carbons (Fsp3) is 0.321. The molecule has 0 bridgehead atoms. The first-order chi connectivity index (χ1) is 17.1. The molecule has 1 N–H and O–H groups in total. The normalized spacial score (nSPS) is 16.3. The van der Waals surface area contributed by atoms with Crippen molar-refractivity contribution in [3.63, 3.8) is 0 Å². The van der Waals surface area contributed by atoms with E-state index >= 15 is 0 Å². The van der Waals surface area contributed by atoms with Crippen molar-refractivity contribution in [1.29, 1.82) is 5.26 Å². The molecule has 1 saturated heterocycles. The second-order valence-corrected chi connectivity index (χ2v) is 9.31. The van der Waals surface area contributed by atoms with Crippen molar-refractivity contribution in [3.8, 4) is 34.5 Å². The highest BCUT2D eigenvalue weighted by Gasteiger charge is 2.22. The van der Waals surface area contributed by atoms with Gasteiger partial charge in [-0.1, -0.05) is 24.3 Å². The molecule has 35 heavy (non-hydrogen) atoms. The minimum absolute atomic E-state index is 0.0406. The topological polar surface area (TPSA) is 86.7 Å². The first-order valence-corrected chi connectivity index (χ1v) is 12.0. The van der Waals surface area contributed by atoms with Crippen molar-refractivity contribution in [2.45, 2.75) is 26.4 Å². The maximum atomic E-state index is 9.87. The van der Waals surface area contributed by atoms with E-state index in [0.29, 0.717) is 24.1 Å². The van der Waals surface area contributed by atoms with Crippen LogP contribution >= 0.6 is 0 Å². The van der Waals surface area contributed by atoms with Crippen molar-refractivity contribution >= 4 is 5.65 Å². The van der Waals surface area contributed by atoms with Crippen LogP contribution in [0.2, 0.25) is 0 Å². The van der Waals surface area contributed by atoms with Gasteiger partial charge in [0.2, 0.25) is 0 Å². The molecular formula is C28H29N5O2. The molecule has 1 aliphatic rings. The van der Waals surface area contributed by atoms with Gasteiger partial charge in [0.25, 0.3) is 0 Å². The number of benzene rings is 2. The second kappa shape index (κ2) is 9.87. The lowest BCUT2D eigenvalue weighted by atomic mass is 9.96. The fourth-order valence-electron chi connectivity index (χ4n) is 4.83. The Balaban J connectivity index is 1.64. The van der Waals surface area contributed by atoms with Gasteiger partial charge in [-0.25, -0.2) is 4.98 Å². The Morgan fingerprint density at radius 2 is 1.97 bits per heavy atom. The highest BCUT2D eigenvalue weighted by Crippen LogP contribution is 2.37. The number of ether oxygens (including phenoxy) is 1. The number of imidazole rings is 1. The third-order valence-corrected chi connectivity index (χ3v) is 6.78. The van der Waals surface area contributed by atoms with Crippen molar-refractivity contribution in [2.75, 3.05) is 26.7 Å². The van der Waals surface area contributed by atoms with E-state index < -0.39 is 0 Å². The number of piperidine rings is 1. The van der Waals surface area contributed by atoms with Crippen LogP contribution in [0.15, 0.2) is 54.9 Å². The van der Waals surface area contributed by atoms with Gasteiger partial charge in [0, 0.05) is 30.4 Å². The zero-order chi connectivity index (χ0) is 24.4. The molecule has 7 nitrogen and oxygen atoms in total. The molecule has 0 saturated carbocycles. The van der Waals surface area contributed by atoms with Gasteiger partial charge in [-0.15, -0.1) is 0 Å². The average Bonchev–Trinajstić information content (AvgIpc) is 3.37. The molecular weight excluding hydrogens is 438 g/mol. The van der Waals surface area contributed by atoms with Gasteiger partial charge in [-0.2, -0.15) is 10.2 Å². The summed E-state index contributed by atoms with van der Waals surface area (Å²) in [6.45, 7) is 4.68. The first-order valence-electron chi connectivity index (χ1n) is 12.0. The SMILES string of the molecule is Cc1ccc(-c2c(-c3ccc(C#N)cc3)nc(OC[C@@H]3CCCN(C)C3)n3ccnc23)cc1CO. The van der Waals surface area contributed by atoms with Crippen molar-refractivity contribution in [1.82, 2.24) is 19.3 Å². The number of nitriles is 1. The Morgan fingerprint density at radius 3 is 2.71 bits per heavy atom. The summed E-state index contributed by atoms with van der Waals surface area (Å²) in [5, 5.41) is 19.1. The maximum Gasteiger partial charge on any atom is 0.302 e. The lowest BCUT2D eigenvalue weighted by Crippen LogP contribution is -2.35. The largest absolute Gasteiger partial charge is 0.464 e. The standard InChI is InChI=1S/C28H29N5O2/c1-19-5-8-23(14-24(19)17-34)25-26(22-9-6-20(15-29)7-10-22)31-28(33-13-11-30-27(25)33)35-18-21-4-3-12-32(2)16-21/h5-11,13-14,21,34H,3-4,12,16-18H2,1-2H3/t21-/m1/s1. The third kappa shape index (κ3) is 4.63. The van der Waals surface area contributed by atoms with E-state index in [4.69, 9.17) is 9.72 Å². The summed E-state index contributed by atoms with van der Waals surface area (Å²) in [6, 6.07) is 16.1. The summed E-state index contributed by atoms with van der Waals surface area (Å²) in [7, 11) is 2.15. The summed E-state index contributed by atoms with van der Waals surface area (Å²) in [4.78, 5) is 12.0. The van der Waals surface area contributed by atoms with Crippen LogP contribution in [-0.2, 0) is 6.61 Å². The Kier molecular flexibility index (Phi) is 6.49. The van der Waals surface area contributed by atoms with Gasteiger partial charge in [-0.3, -0.25) is 4.40 Å². The van der Waals surface area contributed by atoms with Crippen LogP contribution in [0.5, 0.6) is 6.01 Å². The minimum Gasteiger partial charge on any atom is -0.464 e. The monoisotopic (exact) mass is 467 g/mol. The lowest BCUT2D eigenvalue weighted by molar-refractivity contribution is 0.143. The van der Waals surface area contributed by atoms with Crippen molar-refractivity contribution in [3.05, 3.63) is 71.5 Å².